The van der Waals surface area contributed by atoms with E-state index in [1.807, 2.05) is 6.07 Å². The fourth-order valence-electron chi connectivity index (χ4n) is 3.46. The molecule has 1 aliphatic heterocycles. The number of nitrogens with zero attached hydrogens (tertiary/aromatic N) is 3. The van der Waals surface area contributed by atoms with Gasteiger partial charge in [0.05, 0.1) is 39.9 Å². The van der Waals surface area contributed by atoms with Gasteiger partial charge in [-0.2, -0.15) is 5.26 Å². The van der Waals surface area contributed by atoms with Gasteiger partial charge in [-0.15, -0.1) is 0 Å². The third-order valence-corrected chi connectivity index (χ3v) is 6.74. The molecule has 4 rings (SSSR count). The van der Waals surface area contributed by atoms with Crippen LogP contribution in [0.4, 0.5) is 5.69 Å². The van der Waals surface area contributed by atoms with E-state index < -0.39 is 5.97 Å². The third kappa shape index (κ3) is 5.77. The molecule has 1 fully saturated rings. The number of nitriles is 1. The molecule has 1 heterocycles. The van der Waals surface area contributed by atoms with Gasteiger partial charge in [0.1, 0.15) is 6.61 Å². The summed E-state index contributed by atoms with van der Waals surface area (Å²) in [5.74, 6) is -0.558. The van der Waals surface area contributed by atoms with Crippen LogP contribution in [0.1, 0.15) is 27.0 Å². The van der Waals surface area contributed by atoms with E-state index in [0.717, 1.165) is 5.56 Å². The number of halogens is 1. The molecule has 1 amide bonds. The molecule has 8 nitrogen and oxygen atoms in total. The van der Waals surface area contributed by atoms with Gasteiger partial charge in [0.15, 0.2) is 16.7 Å². The average molecular weight is 534 g/mol. The topological polar surface area (TPSA) is 112 Å². The Balaban J connectivity index is 1.56. The van der Waals surface area contributed by atoms with Gasteiger partial charge in [-0.25, -0.2) is 9.79 Å². The molecule has 3 aromatic carbocycles. The molecule has 0 spiro atoms. The van der Waals surface area contributed by atoms with Gasteiger partial charge in [0.25, 0.3) is 5.91 Å². The van der Waals surface area contributed by atoms with Crippen molar-refractivity contribution in [2.75, 3.05) is 14.2 Å². The number of amidine groups is 1. The number of hydrogen-bond acceptors (Lipinski definition) is 7. The second kappa shape index (κ2) is 11.2. The molecule has 1 saturated heterocycles. The van der Waals surface area contributed by atoms with Crippen LogP contribution in [0.2, 0.25) is 5.02 Å². The molecule has 0 unspecified atom stereocenters. The molecule has 1 N–H and O–H groups in total. The maximum atomic E-state index is 12.8. The first-order chi connectivity index (χ1) is 17.8. The summed E-state index contributed by atoms with van der Waals surface area (Å²) in [7, 11) is 3.10. The Labute approximate surface area is 222 Å². The zero-order valence-corrected chi connectivity index (χ0v) is 21.3. The minimum absolute atomic E-state index is 0.132. The standard InChI is InChI=1S/C27H20ClN3O5S/c1-31-25(32)23(37-27(31)30-20-9-7-17(8-10-20)26(33)34)13-16-11-21(28)24(22(12-16)35-2)36-15-19-6-4-3-5-18(19)14-29/h3-13H,15H2,1-2H3,(H,33,34)/b23-13-,30-27?. The van der Waals surface area contributed by atoms with Crippen LogP contribution in [-0.2, 0) is 11.4 Å². The highest BCUT2D eigenvalue weighted by Crippen LogP contribution is 2.39. The molecule has 186 valence electrons. The number of thioether (sulfide) groups is 1. The molecule has 0 radical (unpaired) electrons. The Bertz CT molecular complexity index is 1480. The van der Waals surface area contributed by atoms with Crippen LogP contribution in [-0.4, -0.2) is 41.2 Å². The number of methoxy groups -OCH3 is 1. The van der Waals surface area contributed by atoms with E-state index in [9.17, 15) is 14.9 Å². The zero-order chi connectivity index (χ0) is 26.5. The molecule has 10 heteroatoms. The van der Waals surface area contributed by atoms with E-state index in [1.54, 1.807) is 55.6 Å². The molecule has 0 aromatic heterocycles. The second-order valence-electron chi connectivity index (χ2n) is 7.81. The van der Waals surface area contributed by atoms with Gasteiger partial charge in [0, 0.05) is 12.6 Å². The van der Waals surface area contributed by atoms with Crippen molar-refractivity contribution in [3.05, 3.63) is 92.8 Å². The number of carbonyl (C=O) groups is 2. The SMILES string of the molecule is COc1cc(/C=C2\SC(=Nc3ccc(C(=O)O)cc3)N(C)C2=O)cc(Cl)c1OCc1ccccc1C#N. The van der Waals surface area contributed by atoms with Crippen LogP contribution in [0, 0.1) is 11.3 Å². The van der Waals surface area contributed by atoms with Gasteiger partial charge < -0.3 is 14.6 Å². The van der Waals surface area contributed by atoms with E-state index in [1.165, 1.54) is 35.9 Å². The molecule has 0 aliphatic carbocycles. The summed E-state index contributed by atoms with van der Waals surface area (Å²) in [5.41, 5.74) is 2.53. The summed E-state index contributed by atoms with van der Waals surface area (Å²) in [5, 5.41) is 19.1. The van der Waals surface area contributed by atoms with E-state index in [0.29, 0.717) is 38.4 Å². The fraction of sp³-hybridized carbons (Fsp3) is 0.111. The van der Waals surface area contributed by atoms with Crippen LogP contribution < -0.4 is 9.47 Å². The van der Waals surface area contributed by atoms with E-state index in [2.05, 4.69) is 11.1 Å². The maximum Gasteiger partial charge on any atom is 0.335 e. The number of rotatable bonds is 7. The lowest BCUT2D eigenvalue weighted by Gasteiger charge is -2.14. The lowest BCUT2D eigenvalue weighted by Crippen LogP contribution is -2.23. The Hall–Kier alpha value is -4.26. The van der Waals surface area contributed by atoms with E-state index >= 15 is 0 Å². The molecule has 0 bridgehead atoms. The molecular formula is C27H20ClN3O5S. The van der Waals surface area contributed by atoms with E-state index in [-0.39, 0.29) is 23.1 Å². The van der Waals surface area contributed by atoms with Gasteiger partial charge in [-0.1, -0.05) is 29.8 Å². The number of aromatic carboxylic acids is 1. The van der Waals surface area contributed by atoms with Crippen molar-refractivity contribution < 1.29 is 24.2 Å². The highest BCUT2D eigenvalue weighted by Gasteiger charge is 2.30. The second-order valence-corrected chi connectivity index (χ2v) is 9.23. The Kier molecular flexibility index (Phi) is 7.82. The molecular weight excluding hydrogens is 514 g/mol. The van der Waals surface area contributed by atoms with Crippen molar-refractivity contribution in [1.29, 1.82) is 5.26 Å². The van der Waals surface area contributed by atoms with Gasteiger partial charge in [0.2, 0.25) is 0 Å². The first-order valence-electron chi connectivity index (χ1n) is 10.9. The van der Waals surface area contributed by atoms with Gasteiger partial charge >= 0.3 is 5.97 Å². The Morgan fingerprint density at radius 3 is 2.62 bits per heavy atom. The summed E-state index contributed by atoms with van der Waals surface area (Å²) in [6.07, 6.45) is 1.68. The number of ether oxygens (including phenoxy) is 2. The summed E-state index contributed by atoms with van der Waals surface area (Å²) in [6, 6.07) is 18.7. The fourth-order valence-corrected chi connectivity index (χ4v) is 4.72. The smallest absolute Gasteiger partial charge is 0.335 e. The van der Waals surface area contributed by atoms with Crippen molar-refractivity contribution in [1.82, 2.24) is 4.90 Å². The van der Waals surface area contributed by atoms with Crippen molar-refractivity contribution in [2.45, 2.75) is 6.61 Å². The number of carboxylic acids is 1. The van der Waals surface area contributed by atoms with Crippen LogP contribution >= 0.6 is 23.4 Å². The van der Waals surface area contributed by atoms with Crippen LogP contribution in [0.3, 0.4) is 0 Å². The predicted octanol–water partition coefficient (Wildman–Crippen LogP) is 5.73. The number of carboxylic acid groups (broad SMARTS) is 1. The quantitative estimate of drug-likeness (QED) is 0.386. The summed E-state index contributed by atoms with van der Waals surface area (Å²) in [4.78, 5) is 30.2. The normalized spacial score (nSPS) is 15.2. The molecule has 0 saturated carbocycles. The number of aliphatic imine (C=N–C) groups is 1. The van der Waals surface area contributed by atoms with Gasteiger partial charge in [-0.05, 0) is 65.9 Å². The number of benzene rings is 3. The predicted molar refractivity (Wildman–Crippen MR) is 142 cm³/mol. The summed E-state index contributed by atoms with van der Waals surface area (Å²) >= 11 is 7.70. The number of carbonyl (C=O) groups excluding carboxylic acids is 1. The molecule has 3 aromatic rings. The monoisotopic (exact) mass is 533 g/mol. The number of hydrogen-bond donors (Lipinski definition) is 1. The van der Waals surface area contributed by atoms with Crippen molar-refractivity contribution in [3.63, 3.8) is 0 Å². The summed E-state index contributed by atoms with van der Waals surface area (Å²) in [6.45, 7) is 0.132. The number of amides is 1. The lowest BCUT2D eigenvalue weighted by molar-refractivity contribution is -0.121. The summed E-state index contributed by atoms with van der Waals surface area (Å²) < 4.78 is 11.4. The van der Waals surface area contributed by atoms with Crippen LogP contribution in [0.5, 0.6) is 11.5 Å². The molecule has 37 heavy (non-hydrogen) atoms. The van der Waals surface area contributed by atoms with E-state index in [4.69, 9.17) is 26.2 Å². The first kappa shape index (κ1) is 25.8. The average Bonchev–Trinajstić information content (AvgIpc) is 3.15. The van der Waals surface area contributed by atoms with Crippen LogP contribution in [0.15, 0.2) is 70.6 Å². The Morgan fingerprint density at radius 1 is 1.22 bits per heavy atom. The van der Waals surface area contributed by atoms with Crippen molar-refractivity contribution in [2.24, 2.45) is 4.99 Å². The third-order valence-electron chi connectivity index (χ3n) is 5.40. The lowest BCUT2D eigenvalue weighted by atomic mass is 10.1. The largest absolute Gasteiger partial charge is 0.493 e. The first-order valence-corrected chi connectivity index (χ1v) is 12.1. The maximum absolute atomic E-state index is 12.8. The molecule has 1 aliphatic rings. The minimum atomic E-state index is -1.02. The van der Waals surface area contributed by atoms with Gasteiger partial charge in [-0.3, -0.25) is 9.69 Å². The molecule has 0 atom stereocenters. The minimum Gasteiger partial charge on any atom is -0.493 e. The van der Waals surface area contributed by atoms with Crippen molar-refractivity contribution in [3.8, 4) is 17.6 Å². The van der Waals surface area contributed by atoms with Crippen LogP contribution in [0.25, 0.3) is 6.08 Å². The van der Waals surface area contributed by atoms with Crippen molar-refractivity contribution >= 4 is 52.2 Å². The number of likely N-dealkylation sites (N-methyl/N-ethyl adjacent to an activating group) is 1. The zero-order valence-electron chi connectivity index (χ0n) is 19.8. The Morgan fingerprint density at radius 2 is 1.95 bits per heavy atom. The highest BCUT2D eigenvalue weighted by atomic mass is 35.5. The highest BCUT2D eigenvalue weighted by molar-refractivity contribution is 8.18.